The molecule has 11 aromatic rings. The van der Waals surface area contributed by atoms with E-state index >= 15 is 0 Å². The first-order valence-corrected chi connectivity index (χ1v) is 18.0. The summed E-state index contributed by atoms with van der Waals surface area (Å²) in [6.07, 6.45) is 0. The Kier molecular flexibility index (Phi) is 6.09. The van der Waals surface area contributed by atoms with E-state index in [0.717, 1.165) is 33.8 Å². The zero-order chi connectivity index (χ0) is 33.5. The third-order valence-corrected chi connectivity index (χ3v) is 11.3. The Morgan fingerprint density at radius 3 is 1.69 bits per heavy atom. The molecule has 0 saturated carbocycles. The van der Waals surface area contributed by atoms with E-state index in [4.69, 9.17) is 9.97 Å². The molecule has 0 N–H and O–H groups in total. The molecule has 51 heavy (non-hydrogen) atoms. The molecule has 7 aromatic carbocycles. The Morgan fingerprint density at radius 2 is 0.980 bits per heavy atom. The second-order valence-corrected chi connectivity index (χ2v) is 14.0. The number of hydrogen-bond donors (Lipinski definition) is 0. The maximum Gasteiger partial charge on any atom is 0.162 e. The van der Waals surface area contributed by atoms with E-state index in [2.05, 4.69) is 155 Å². The lowest BCUT2D eigenvalue weighted by atomic mass is 10.0. The molecule has 0 aliphatic rings. The van der Waals surface area contributed by atoms with Gasteiger partial charge in [0.05, 0.1) is 32.5 Å². The zero-order valence-electron chi connectivity index (χ0n) is 27.4. The minimum Gasteiger partial charge on any atom is -0.308 e. The molecule has 4 heterocycles. The smallest absolute Gasteiger partial charge is 0.162 e. The number of hydrogen-bond acceptors (Lipinski definition) is 3. The van der Waals surface area contributed by atoms with Gasteiger partial charge in [-0.1, -0.05) is 133 Å². The minimum absolute atomic E-state index is 0.700. The molecule has 11 rings (SSSR count). The molecule has 4 nitrogen and oxygen atoms in total. The van der Waals surface area contributed by atoms with Crippen molar-refractivity contribution in [3.8, 4) is 34.2 Å². The largest absolute Gasteiger partial charge is 0.308 e. The molecular weight excluding hydrogens is 641 g/mol. The summed E-state index contributed by atoms with van der Waals surface area (Å²) in [7, 11) is 0. The summed E-state index contributed by atoms with van der Waals surface area (Å²) < 4.78 is 7.41. The highest BCUT2D eigenvalue weighted by Crippen LogP contribution is 2.51. The second kappa shape index (κ2) is 11.0. The topological polar surface area (TPSA) is 35.6 Å². The van der Waals surface area contributed by atoms with Crippen molar-refractivity contribution >= 4 is 75.1 Å². The molecule has 5 heteroatoms. The van der Waals surface area contributed by atoms with Crippen molar-refractivity contribution in [2.24, 2.45) is 0 Å². The Hall–Kier alpha value is -6.56. The molecule has 0 radical (unpaired) electrons. The van der Waals surface area contributed by atoms with E-state index in [1.54, 1.807) is 0 Å². The van der Waals surface area contributed by atoms with Crippen molar-refractivity contribution in [3.05, 3.63) is 170 Å². The zero-order valence-corrected chi connectivity index (χ0v) is 28.2. The van der Waals surface area contributed by atoms with Gasteiger partial charge in [-0.05, 0) is 30.3 Å². The fraction of sp³-hybridized carbons (Fsp3) is 0. The summed E-state index contributed by atoms with van der Waals surface area (Å²) >= 11 is 1.88. The second-order valence-electron chi connectivity index (χ2n) is 13.0. The molecule has 0 spiro atoms. The highest BCUT2D eigenvalue weighted by Gasteiger charge is 2.27. The predicted molar refractivity (Wildman–Crippen MR) is 214 cm³/mol. The Labute approximate surface area is 297 Å². The average Bonchev–Trinajstić information content (AvgIpc) is 3.87. The number of thiophene rings is 1. The van der Waals surface area contributed by atoms with Gasteiger partial charge in [0.25, 0.3) is 0 Å². The van der Waals surface area contributed by atoms with Crippen molar-refractivity contribution in [2.45, 2.75) is 0 Å². The monoisotopic (exact) mass is 668 g/mol. The third-order valence-electron chi connectivity index (χ3n) is 10.1. The number of aromatic nitrogens is 4. The SMILES string of the molecule is c1ccc(-c2cc(-n3c4ccccc4c4c5c6ccccc6n(-c6ccccc6)c5c5sc6ccccc6c5c43)nc(-c3ccccc3)n2)cc1. The maximum atomic E-state index is 5.39. The van der Waals surface area contributed by atoms with E-state index in [0.29, 0.717) is 5.82 Å². The predicted octanol–water partition coefficient (Wildman–Crippen LogP) is 12.4. The van der Waals surface area contributed by atoms with Crippen LogP contribution in [-0.2, 0) is 0 Å². The third kappa shape index (κ3) is 4.13. The molecule has 4 aromatic heterocycles. The van der Waals surface area contributed by atoms with Gasteiger partial charge in [-0.2, -0.15) is 0 Å². The lowest BCUT2D eigenvalue weighted by molar-refractivity contribution is 1.05. The van der Waals surface area contributed by atoms with Crippen molar-refractivity contribution in [3.63, 3.8) is 0 Å². The number of fused-ring (bicyclic) bond motifs is 12. The molecule has 0 unspecified atom stereocenters. The van der Waals surface area contributed by atoms with Crippen LogP contribution in [0.5, 0.6) is 0 Å². The Bertz CT molecular complexity index is 3060. The molecule has 0 aliphatic heterocycles. The quantitative estimate of drug-likeness (QED) is 0.187. The minimum atomic E-state index is 0.700. The molecule has 0 amide bonds. The average molecular weight is 669 g/mol. The standard InChI is InChI=1S/C46H28N4S/c1-4-16-29(17-5-1)35-28-39(48-46(47-35)30-18-6-2-7-19-30)50-37-26-14-11-23-33(37)40-41-32-22-10-13-25-36(32)49(31-20-8-3-9-21-31)44(41)45-42(43(40)50)34-24-12-15-27-38(34)51-45/h1-28H. The highest BCUT2D eigenvalue weighted by atomic mass is 32.1. The Balaban J connectivity index is 1.40. The number of rotatable bonds is 4. The van der Waals surface area contributed by atoms with Crippen LogP contribution in [0.3, 0.4) is 0 Å². The van der Waals surface area contributed by atoms with Gasteiger partial charge in [0, 0.05) is 59.9 Å². The number of para-hydroxylation sites is 3. The molecule has 0 bridgehead atoms. The van der Waals surface area contributed by atoms with Crippen LogP contribution in [0.25, 0.3) is 97.9 Å². The van der Waals surface area contributed by atoms with E-state index in [1.807, 2.05) is 35.6 Å². The number of benzene rings is 7. The first-order valence-electron chi connectivity index (χ1n) is 17.2. The summed E-state index contributed by atoms with van der Waals surface area (Å²) in [5.41, 5.74) is 8.80. The van der Waals surface area contributed by atoms with Gasteiger partial charge in [0.2, 0.25) is 0 Å². The van der Waals surface area contributed by atoms with Gasteiger partial charge >= 0.3 is 0 Å². The normalized spacial score (nSPS) is 11.9. The molecule has 0 fully saturated rings. The molecule has 0 aliphatic carbocycles. The summed E-state index contributed by atoms with van der Waals surface area (Å²) in [6, 6.07) is 60.2. The molecular formula is C46H28N4S. The van der Waals surface area contributed by atoms with Gasteiger partial charge in [0.1, 0.15) is 5.82 Å². The van der Waals surface area contributed by atoms with Crippen LogP contribution in [0.15, 0.2) is 170 Å². The highest BCUT2D eigenvalue weighted by molar-refractivity contribution is 7.27. The van der Waals surface area contributed by atoms with E-state index in [1.165, 1.54) is 58.3 Å². The van der Waals surface area contributed by atoms with Crippen LogP contribution < -0.4 is 0 Å². The van der Waals surface area contributed by atoms with E-state index < -0.39 is 0 Å². The van der Waals surface area contributed by atoms with Gasteiger partial charge in [-0.3, -0.25) is 4.57 Å². The number of nitrogens with zero attached hydrogens (tertiary/aromatic N) is 4. The molecule has 238 valence electrons. The van der Waals surface area contributed by atoms with Crippen LogP contribution in [-0.4, -0.2) is 19.1 Å². The fourth-order valence-electron chi connectivity index (χ4n) is 7.99. The van der Waals surface area contributed by atoms with Gasteiger partial charge in [-0.15, -0.1) is 11.3 Å². The van der Waals surface area contributed by atoms with Gasteiger partial charge in [-0.25, -0.2) is 9.97 Å². The van der Waals surface area contributed by atoms with E-state index in [9.17, 15) is 0 Å². The van der Waals surface area contributed by atoms with Crippen LogP contribution >= 0.6 is 11.3 Å². The van der Waals surface area contributed by atoms with Crippen molar-refractivity contribution in [1.29, 1.82) is 0 Å². The maximum absolute atomic E-state index is 5.39. The summed E-state index contributed by atoms with van der Waals surface area (Å²) in [5.74, 6) is 1.54. The van der Waals surface area contributed by atoms with E-state index in [-0.39, 0.29) is 0 Å². The van der Waals surface area contributed by atoms with Crippen molar-refractivity contribution in [2.75, 3.05) is 0 Å². The molecule has 0 saturated heterocycles. The summed E-state index contributed by atoms with van der Waals surface area (Å²) in [4.78, 5) is 10.5. The molecule has 0 atom stereocenters. The lowest BCUT2D eigenvalue weighted by Gasteiger charge is -2.13. The summed E-state index contributed by atoms with van der Waals surface area (Å²) in [5, 5.41) is 7.44. The van der Waals surface area contributed by atoms with Gasteiger partial charge < -0.3 is 4.57 Å². The van der Waals surface area contributed by atoms with Crippen molar-refractivity contribution in [1.82, 2.24) is 19.1 Å². The fourth-order valence-corrected chi connectivity index (χ4v) is 9.24. The first kappa shape index (κ1) is 28.3. The Morgan fingerprint density at radius 1 is 0.431 bits per heavy atom. The van der Waals surface area contributed by atoms with Crippen molar-refractivity contribution < 1.29 is 0 Å². The first-order chi connectivity index (χ1) is 25.3. The van der Waals surface area contributed by atoms with Gasteiger partial charge in [0.15, 0.2) is 5.82 Å². The van der Waals surface area contributed by atoms with Crippen LogP contribution in [0.1, 0.15) is 0 Å². The lowest BCUT2D eigenvalue weighted by Crippen LogP contribution is -2.03. The van der Waals surface area contributed by atoms with Crippen LogP contribution in [0, 0.1) is 0 Å². The van der Waals surface area contributed by atoms with Crippen LogP contribution in [0.2, 0.25) is 0 Å². The van der Waals surface area contributed by atoms with Crippen LogP contribution in [0.4, 0.5) is 0 Å². The summed E-state index contributed by atoms with van der Waals surface area (Å²) in [6.45, 7) is 0.